The minimum atomic E-state index is -3.79. The highest BCUT2D eigenvalue weighted by Gasteiger charge is 2.26. The lowest BCUT2D eigenvalue weighted by Crippen LogP contribution is -2.49. The maximum Gasteiger partial charge on any atom is 0.250 e. The molecule has 0 radical (unpaired) electrons. The Morgan fingerprint density at radius 3 is 2.39 bits per heavy atom. The van der Waals surface area contributed by atoms with Crippen molar-refractivity contribution in [3.8, 4) is 0 Å². The number of halogens is 1. The summed E-state index contributed by atoms with van der Waals surface area (Å²) in [4.78, 5) is 17.3. The molecular weight excluding hydrogens is 499 g/mol. The van der Waals surface area contributed by atoms with Crippen LogP contribution in [0, 0.1) is 5.82 Å². The number of benzene rings is 2. The Kier molecular flexibility index (Phi) is 9.08. The van der Waals surface area contributed by atoms with Gasteiger partial charge in [-0.3, -0.25) is 9.69 Å². The summed E-state index contributed by atoms with van der Waals surface area (Å²) in [5.41, 5.74) is 1.51. The van der Waals surface area contributed by atoms with Crippen molar-refractivity contribution in [1.82, 2.24) is 14.9 Å². The van der Waals surface area contributed by atoms with Crippen LogP contribution in [0.4, 0.5) is 10.1 Å². The van der Waals surface area contributed by atoms with Crippen molar-refractivity contribution in [2.24, 2.45) is 0 Å². The summed E-state index contributed by atoms with van der Waals surface area (Å²) < 4.78 is 42.4. The second-order valence-corrected chi connectivity index (χ2v) is 11.6. The third-order valence-electron chi connectivity index (χ3n) is 6.17. The molecule has 7 nitrogen and oxygen atoms in total. The van der Waals surface area contributed by atoms with Crippen LogP contribution in [-0.2, 0) is 21.2 Å². The number of nitrogens with one attached hydrogen (secondary N) is 2. The van der Waals surface area contributed by atoms with Crippen LogP contribution in [0.3, 0.4) is 0 Å². The Hall–Kier alpha value is -2.79. The number of anilines is 1. The summed E-state index contributed by atoms with van der Waals surface area (Å²) in [7, 11) is -3.79. The van der Waals surface area contributed by atoms with Gasteiger partial charge in [-0.05, 0) is 48.5 Å². The molecule has 10 heteroatoms. The van der Waals surface area contributed by atoms with Gasteiger partial charge in [0.25, 0.3) is 10.0 Å². The fourth-order valence-electron chi connectivity index (χ4n) is 4.26. The molecule has 192 valence electrons. The van der Waals surface area contributed by atoms with Gasteiger partial charge in [0.1, 0.15) is 16.1 Å². The van der Waals surface area contributed by atoms with Crippen LogP contribution in [0.25, 0.3) is 0 Å². The molecule has 3 aromatic rings. The second kappa shape index (κ2) is 12.4. The van der Waals surface area contributed by atoms with E-state index in [1.165, 1.54) is 12.1 Å². The number of amides is 1. The molecule has 4 rings (SSSR count). The normalized spacial score (nSPS) is 15.5. The minimum Gasteiger partial charge on any atom is -0.367 e. The average Bonchev–Trinajstić information content (AvgIpc) is 3.44. The Morgan fingerprint density at radius 1 is 0.972 bits per heavy atom. The van der Waals surface area contributed by atoms with Crippen molar-refractivity contribution in [3.63, 3.8) is 0 Å². The van der Waals surface area contributed by atoms with E-state index in [2.05, 4.69) is 19.8 Å². The minimum absolute atomic E-state index is 0.183. The quantitative estimate of drug-likeness (QED) is 0.373. The fraction of sp³-hybridized carbons (Fsp3) is 0.346. The molecule has 1 atom stereocenters. The molecule has 1 amide bonds. The van der Waals surface area contributed by atoms with E-state index < -0.39 is 16.1 Å². The highest BCUT2D eigenvalue weighted by molar-refractivity contribution is 7.91. The van der Waals surface area contributed by atoms with Gasteiger partial charge in [-0.15, -0.1) is 11.3 Å². The molecule has 1 aliphatic heterocycles. The van der Waals surface area contributed by atoms with Gasteiger partial charge in [-0.2, -0.15) is 4.72 Å². The standard InChI is InChI=1S/C26H31FN4O3S2/c27-22-10-4-5-11-24(22)31-17-15-30(16-18-31)14-7-13-28-26(32)23(20-21-8-2-1-3-9-21)29-36(33,34)25-12-6-19-35-25/h1-6,8-12,19,23,29H,7,13-18,20H2,(H,28,32)/t23-/m1/s1. The molecule has 0 bridgehead atoms. The van der Waals surface area contributed by atoms with E-state index in [1.807, 2.05) is 36.4 Å². The summed E-state index contributed by atoms with van der Waals surface area (Å²) in [6.07, 6.45) is 0.996. The number of nitrogens with zero attached hydrogens (tertiary/aromatic N) is 2. The van der Waals surface area contributed by atoms with E-state index in [-0.39, 0.29) is 22.4 Å². The first kappa shape index (κ1) is 26.3. The smallest absolute Gasteiger partial charge is 0.250 e. The lowest BCUT2D eigenvalue weighted by molar-refractivity contribution is -0.122. The molecular formula is C26H31FN4O3S2. The fourth-order valence-corrected chi connectivity index (χ4v) is 6.46. The number of hydrogen-bond acceptors (Lipinski definition) is 6. The zero-order valence-electron chi connectivity index (χ0n) is 20.0. The van der Waals surface area contributed by atoms with Gasteiger partial charge in [0.05, 0.1) is 5.69 Å². The van der Waals surface area contributed by atoms with E-state index >= 15 is 0 Å². The van der Waals surface area contributed by atoms with Gasteiger partial charge in [0.15, 0.2) is 0 Å². The summed E-state index contributed by atoms with van der Waals surface area (Å²) >= 11 is 1.11. The topological polar surface area (TPSA) is 81.8 Å². The van der Waals surface area contributed by atoms with Gasteiger partial charge in [-0.1, -0.05) is 48.5 Å². The summed E-state index contributed by atoms with van der Waals surface area (Å²) in [5, 5.41) is 4.59. The van der Waals surface area contributed by atoms with Gasteiger partial charge >= 0.3 is 0 Å². The van der Waals surface area contributed by atoms with E-state index in [0.29, 0.717) is 12.2 Å². The lowest BCUT2D eigenvalue weighted by Gasteiger charge is -2.36. The maximum absolute atomic E-state index is 14.0. The van der Waals surface area contributed by atoms with Crippen LogP contribution < -0.4 is 14.9 Å². The third-order valence-corrected chi connectivity index (χ3v) is 9.04. The van der Waals surface area contributed by atoms with Gasteiger partial charge < -0.3 is 10.2 Å². The molecule has 2 heterocycles. The SMILES string of the molecule is O=C(NCCCN1CCN(c2ccccc2F)CC1)[C@@H](Cc1ccccc1)NS(=O)(=O)c1cccs1. The molecule has 36 heavy (non-hydrogen) atoms. The third kappa shape index (κ3) is 7.13. The Morgan fingerprint density at radius 2 is 1.69 bits per heavy atom. The summed E-state index contributed by atoms with van der Waals surface area (Å²) in [6, 6.07) is 18.5. The monoisotopic (exact) mass is 530 g/mol. The highest BCUT2D eigenvalue weighted by Crippen LogP contribution is 2.20. The molecule has 1 saturated heterocycles. The number of carbonyl (C=O) groups is 1. The molecule has 1 aromatic heterocycles. The van der Waals surface area contributed by atoms with Crippen LogP contribution >= 0.6 is 11.3 Å². The van der Waals surface area contributed by atoms with Crippen LogP contribution in [0.5, 0.6) is 0 Å². The van der Waals surface area contributed by atoms with Crippen LogP contribution in [0.1, 0.15) is 12.0 Å². The average molecular weight is 531 g/mol. The molecule has 0 spiro atoms. The van der Waals surface area contributed by atoms with Gasteiger partial charge in [0, 0.05) is 32.7 Å². The Balaban J connectivity index is 1.26. The molecule has 0 saturated carbocycles. The van der Waals surface area contributed by atoms with Crippen molar-refractivity contribution in [3.05, 3.63) is 83.5 Å². The number of rotatable bonds is 11. The first-order chi connectivity index (χ1) is 17.4. The van der Waals surface area contributed by atoms with Crippen molar-refractivity contribution >= 4 is 33.0 Å². The number of thiophene rings is 1. The van der Waals surface area contributed by atoms with Gasteiger partial charge in [0.2, 0.25) is 5.91 Å². The van der Waals surface area contributed by atoms with Crippen molar-refractivity contribution < 1.29 is 17.6 Å². The number of hydrogen-bond donors (Lipinski definition) is 2. The van der Waals surface area contributed by atoms with Crippen molar-refractivity contribution in [2.45, 2.75) is 23.1 Å². The highest BCUT2D eigenvalue weighted by atomic mass is 32.2. The van der Waals surface area contributed by atoms with Crippen molar-refractivity contribution in [2.75, 3.05) is 44.2 Å². The number of sulfonamides is 1. The van der Waals surface area contributed by atoms with E-state index in [0.717, 1.165) is 56.0 Å². The maximum atomic E-state index is 14.0. The second-order valence-electron chi connectivity index (χ2n) is 8.72. The molecule has 0 aliphatic carbocycles. The number of piperazine rings is 1. The van der Waals surface area contributed by atoms with Crippen LogP contribution in [0.15, 0.2) is 76.3 Å². The van der Waals surface area contributed by atoms with Crippen molar-refractivity contribution in [1.29, 1.82) is 0 Å². The molecule has 1 aliphatic rings. The zero-order valence-corrected chi connectivity index (χ0v) is 21.6. The number of carbonyl (C=O) groups excluding carboxylic acids is 1. The molecule has 2 N–H and O–H groups in total. The van der Waals surface area contributed by atoms with E-state index in [9.17, 15) is 17.6 Å². The predicted octanol–water partition coefficient (Wildman–Crippen LogP) is 3.11. The first-order valence-corrected chi connectivity index (χ1v) is 14.4. The lowest BCUT2D eigenvalue weighted by atomic mass is 10.1. The van der Waals surface area contributed by atoms with Crippen LogP contribution in [-0.4, -0.2) is 64.5 Å². The molecule has 1 fully saturated rings. The number of para-hydroxylation sites is 1. The predicted molar refractivity (Wildman–Crippen MR) is 141 cm³/mol. The zero-order chi connectivity index (χ0) is 25.4. The van der Waals surface area contributed by atoms with E-state index in [1.54, 1.807) is 23.6 Å². The first-order valence-electron chi connectivity index (χ1n) is 12.0. The summed E-state index contributed by atoms with van der Waals surface area (Å²) in [5.74, 6) is -0.545. The Bertz CT molecular complexity index is 1220. The van der Waals surface area contributed by atoms with Crippen LogP contribution in [0.2, 0.25) is 0 Å². The molecule has 2 aromatic carbocycles. The molecule has 0 unspecified atom stereocenters. The summed E-state index contributed by atoms with van der Waals surface area (Å²) in [6.45, 7) is 4.38. The Labute approximate surface area is 216 Å². The largest absolute Gasteiger partial charge is 0.367 e. The van der Waals surface area contributed by atoms with E-state index in [4.69, 9.17) is 0 Å². The van der Waals surface area contributed by atoms with Gasteiger partial charge in [-0.25, -0.2) is 12.8 Å².